The van der Waals surface area contributed by atoms with E-state index in [0.717, 1.165) is 25.7 Å². The SMILES string of the molecule is O=C1CC(CN2C(=O)NC3(CCCCCC3)C2=O)CN1Cc1ccccc1F. The monoisotopic (exact) mass is 387 g/mol. The summed E-state index contributed by atoms with van der Waals surface area (Å²) in [6.45, 7) is 0.884. The number of amides is 4. The van der Waals surface area contributed by atoms with E-state index in [4.69, 9.17) is 0 Å². The molecule has 1 aliphatic carbocycles. The standard InChI is InChI=1S/C21H26FN3O3/c22-17-8-4-3-7-16(17)14-24-12-15(11-18(24)26)13-25-19(27)21(23-20(25)28)9-5-1-2-6-10-21/h3-4,7-8,15H,1-2,5-6,9-14H2,(H,23,28). The molecule has 28 heavy (non-hydrogen) atoms. The number of nitrogens with zero attached hydrogens (tertiary/aromatic N) is 2. The van der Waals surface area contributed by atoms with E-state index in [1.807, 2.05) is 0 Å². The topological polar surface area (TPSA) is 69.7 Å². The van der Waals surface area contributed by atoms with Crippen molar-refractivity contribution in [3.05, 3.63) is 35.6 Å². The van der Waals surface area contributed by atoms with Crippen LogP contribution in [0.15, 0.2) is 24.3 Å². The van der Waals surface area contributed by atoms with Crippen LogP contribution >= 0.6 is 0 Å². The number of carbonyl (C=O) groups is 3. The van der Waals surface area contributed by atoms with Crippen LogP contribution in [0.5, 0.6) is 0 Å². The molecular weight excluding hydrogens is 361 g/mol. The van der Waals surface area contributed by atoms with Crippen LogP contribution in [0.25, 0.3) is 0 Å². The smallest absolute Gasteiger partial charge is 0.325 e. The van der Waals surface area contributed by atoms with Gasteiger partial charge in [0.25, 0.3) is 5.91 Å². The molecule has 1 aromatic carbocycles. The van der Waals surface area contributed by atoms with Gasteiger partial charge in [-0.3, -0.25) is 14.5 Å². The minimum Gasteiger partial charge on any atom is -0.338 e. The van der Waals surface area contributed by atoms with Gasteiger partial charge in [0.05, 0.1) is 0 Å². The van der Waals surface area contributed by atoms with E-state index in [0.29, 0.717) is 24.9 Å². The Morgan fingerprint density at radius 3 is 2.50 bits per heavy atom. The van der Waals surface area contributed by atoms with Crippen LogP contribution < -0.4 is 5.32 Å². The van der Waals surface area contributed by atoms with E-state index in [1.54, 1.807) is 23.1 Å². The highest BCUT2D eigenvalue weighted by atomic mass is 19.1. The van der Waals surface area contributed by atoms with Crippen molar-refractivity contribution < 1.29 is 18.8 Å². The lowest BCUT2D eigenvalue weighted by Gasteiger charge is -2.25. The zero-order chi connectivity index (χ0) is 19.7. The second kappa shape index (κ2) is 7.53. The summed E-state index contributed by atoms with van der Waals surface area (Å²) in [6.07, 6.45) is 5.73. The van der Waals surface area contributed by atoms with Gasteiger partial charge in [-0.05, 0) is 18.9 Å². The predicted octanol–water partition coefficient (Wildman–Crippen LogP) is 2.82. The molecule has 2 heterocycles. The number of rotatable bonds is 4. The van der Waals surface area contributed by atoms with Crippen molar-refractivity contribution in [3.8, 4) is 0 Å². The molecule has 7 heteroatoms. The number of nitrogens with one attached hydrogen (secondary N) is 1. The van der Waals surface area contributed by atoms with Crippen LogP contribution in [0.3, 0.4) is 0 Å². The zero-order valence-electron chi connectivity index (χ0n) is 16.0. The van der Waals surface area contributed by atoms with Gasteiger partial charge in [-0.2, -0.15) is 0 Å². The largest absolute Gasteiger partial charge is 0.338 e. The summed E-state index contributed by atoms with van der Waals surface area (Å²) in [4.78, 5) is 40.8. The molecule has 0 aromatic heterocycles. The highest BCUT2D eigenvalue weighted by Crippen LogP contribution is 2.34. The van der Waals surface area contributed by atoms with Crippen LogP contribution in [0.2, 0.25) is 0 Å². The molecule has 150 valence electrons. The Hall–Kier alpha value is -2.44. The number of benzene rings is 1. The number of halogens is 1. The van der Waals surface area contributed by atoms with Gasteiger partial charge >= 0.3 is 6.03 Å². The van der Waals surface area contributed by atoms with Crippen LogP contribution in [-0.2, 0) is 16.1 Å². The van der Waals surface area contributed by atoms with Crippen LogP contribution in [0, 0.1) is 11.7 Å². The minimum absolute atomic E-state index is 0.0653. The Morgan fingerprint density at radius 2 is 1.79 bits per heavy atom. The van der Waals surface area contributed by atoms with E-state index >= 15 is 0 Å². The average molecular weight is 387 g/mol. The molecule has 4 rings (SSSR count). The Labute approximate surface area is 164 Å². The third kappa shape index (κ3) is 3.50. The fraction of sp³-hybridized carbons (Fsp3) is 0.571. The first-order valence-corrected chi connectivity index (χ1v) is 10.1. The molecule has 1 N–H and O–H groups in total. The molecule has 1 saturated carbocycles. The zero-order valence-corrected chi connectivity index (χ0v) is 16.0. The lowest BCUT2D eigenvalue weighted by Crippen LogP contribution is -2.46. The van der Waals surface area contributed by atoms with E-state index in [2.05, 4.69) is 5.32 Å². The lowest BCUT2D eigenvalue weighted by molar-refractivity contribution is -0.132. The van der Waals surface area contributed by atoms with E-state index < -0.39 is 5.54 Å². The van der Waals surface area contributed by atoms with Crippen molar-refractivity contribution in [1.29, 1.82) is 0 Å². The van der Waals surface area contributed by atoms with Crippen molar-refractivity contribution in [3.63, 3.8) is 0 Å². The molecule has 0 bridgehead atoms. The molecule has 1 spiro atoms. The highest BCUT2D eigenvalue weighted by Gasteiger charge is 2.51. The third-order valence-electron chi connectivity index (χ3n) is 6.26. The molecule has 1 atom stereocenters. The quantitative estimate of drug-likeness (QED) is 0.808. The Kier molecular flexibility index (Phi) is 5.08. The van der Waals surface area contributed by atoms with Crippen LogP contribution in [-0.4, -0.2) is 46.3 Å². The number of likely N-dealkylation sites (tertiary alicyclic amines) is 1. The van der Waals surface area contributed by atoms with Gasteiger partial charge in [0.1, 0.15) is 11.4 Å². The van der Waals surface area contributed by atoms with Gasteiger partial charge in [-0.1, -0.05) is 43.9 Å². The van der Waals surface area contributed by atoms with E-state index in [1.165, 1.54) is 11.0 Å². The molecule has 4 amide bonds. The fourth-order valence-electron chi connectivity index (χ4n) is 4.73. The Bertz CT molecular complexity index is 789. The third-order valence-corrected chi connectivity index (χ3v) is 6.26. The van der Waals surface area contributed by atoms with Gasteiger partial charge < -0.3 is 10.2 Å². The summed E-state index contributed by atoms with van der Waals surface area (Å²) in [7, 11) is 0. The van der Waals surface area contributed by atoms with Gasteiger partial charge in [-0.15, -0.1) is 0 Å². The number of imide groups is 1. The number of carbonyl (C=O) groups excluding carboxylic acids is 3. The van der Waals surface area contributed by atoms with Gasteiger partial charge in [0.2, 0.25) is 5.91 Å². The normalized spacial score (nSPS) is 24.8. The maximum absolute atomic E-state index is 13.9. The second-order valence-electron chi connectivity index (χ2n) is 8.28. The summed E-state index contributed by atoms with van der Waals surface area (Å²) < 4.78 is 13.9. The summed E-state index contributed by atoms with van der Waals surface area (Å²) in [5.41, 5.74) is -0.271. The Morgan fingerprint density at radius 1 is 1.07 bits per heavy atom. The molecule has 2 saturated heterocycles. The molecule has 2 aliphatic heterocycles. The molecule has 3 aliphatic rings. The first kappa shape index (κ1) is 18.9. The van der Waals surface area contributed by atoms with Gasteiger partial charge in [0.15, 0.2) is 0 Å². The van der Waals surface area contributed by atoms with E-state index in [-0.39, 0.29) is 49.1 Å². The highest BCUT2D eigenvalue weighted by molar-refractivity contribution is 6.07. The maximum atomic E-state index is 13.9. The molecule has 3 fully saturated rings. The molecule has 1 aromatic rings. The van der Waals surface area contributed by atoms with E-state index in [9.17, 15) is 18.8 Å². The summed E-state index contributed by atoms with van der Waals surface area (Å²) in [6, 6.07) is 6.08. The first-order chi connectivity index (χ1) is 13.5. The number of hydrogen-bond donors (Lipinski definition) is 1. The summed E-state index contributed by atoms with van der Waals surface area (Å²) in [5, 5.41) is 2.94. The van der Waals surface area contributed by atoms with Gasteiger partial charge in [-0.25, -0.2) is 9.18 Å². The van der Waals surface area contributed by atoms with Crippen molar-refractivity contribution >= 4 is 17.8 Å². The predicted molar refractivity (Wildman–Crippen MR) is 101 cm³/mol. The number of hydrogen-bond acceptors (Lipinski definition) is 3. The van der Waals surface area contributed by atoms with Crippen molar-refractivity contribution in [2.24, 2.45) is 5.92 Å². The summed E-state index contributed by atoms with van der Waals surface area (Å²) >= 11 is 0. The number of urea groups is 1. The van der Waals surface area contributed by atoms with Crippen LogP contribution in [0.4, 0.5) is 9.18 Å². The van der Waals surface area contributed by atoms with Crippen molar-refractivity contribution in [2.75, 3.05) is 13.1 Å². The molecular formula is C21H26FN3O3. The van der Waals surface area contributed by atoms with Crippen LogP contribution in [0.1, 0.15) is 50.5 Å². The van der Waals surface area contributed by atoms with Crippen molar-refractivity contribution in [2.45, 2.75) is 57.0 Å². The van der Waals surface area contributed by atoms with Crippen molar-refractivity contribution in [1.82, 2.24) is 15.1 Å². The lowest BCUT2D eigenvalue weighted by atomic mass is 9.90. The average Bonchev–Trinajstić information content (AvgIpc) is 2.99. The molecule has 1 unspecified atom stereocenters. The molecule has 6 nitrogen and oxygen atoms in total. The minimum atomic E-state index is -0.747. The fourth-order valence-corrected chi connectivity index (χ4v) is 4.73. The maximum Gasteiger partial charge on any atom is 0.325 e. The Balaban J connectivity index is 1.41. The van der Waals surface area contributed by atoms with Gasteiger partial charge in [0, 0.05) is 37.5 Å². The molecule has 0 radical (unpaired) electrons. The second-order valence-corrected chi connectivity index (χ2v) is 8.28. The summed E-state index contributed by atoms with van der Waals surface area (Å²) in [5.74, 6) is -0.651. The first-order valence-electron chi connectivity index (χ1n) is 10.1.